The number of nitrogens with zero attached hydrogens (tertiary/aromatic N) is 4. The van der Waals surface area contributed by atoms with Gasteiger partial charge >= 0.3 is 6.30 Å². The van der Waals surface area contributed by atoms with Gasteiger partial charge in [0.25, 0.3) is 0 Å². The summed E-state index contributed by atoms with van der Waals surface area (Å²) in [6, 6.07) is 2.08. The lowest BCUT2D eigenvalue weighted by Gasteiger charge is -2.26. The standard InChI is InChI=1S/C21H26ClF3N4/c1-4-14(2)10-16-11-19(17-12-26-28(13-17)21(23,24)25)29(20(16)27-15(3)22)18-8-6-5-7-9-18/h10-13,18H,4-9H2,1-3H3/b14-10?,27-15+. The van der Waals surface area contributed by atoms with Crippen LogP contribution in [0.1, 0.15) is 70.9 Å². The Hall–Kier alpha value is -2.02. The second-order valence-corrected chi connectivity index (χ2v) is 8.11. The largest absolute Gasteiger partial charge is 0.504 e. The first-order valence-corrected chi connectivity index (χ1v) is 10.3. The predicted octanol–water partition coefficient (Wildman–Crippen LogP) is 7.44. The van der Waals surface area contributed by atoms with E-state index in [9.17, 15) is 13.2 Å². The number of aromatic nitrogens is 3. The molecule has 0 aliphatic heterocycles. The quantitative estimate of drug-likeness (QED) is 0.457. The van der Waals surface area contributed by atoms with Crippen molar-refractivity contribution in [1.29, 1.82) is 0 Å². The molecule has 1 aliphatic carbocycles. The van der Waals surface area contributed by atoms with Crippen molar-refractivity contribution >= 4 is 28.7 Å². The van der Waals surface area contributed by atoms with E-state index in [1.165, 1.54) is 12.6 Å². The van der Waals surface area contributed by atoms with Gasteiger partial charge in [-0.25, -0.2) is 4.99 Å². The normalized spacial score (nSPS) is 17.2. The minimum atomic E-state index is -4.55. The molecule has 2 aromatic heterocycles. The fourth-order valence-corrected chi connectivity index (χ4v) is 3.88. The molecule has 1 fully saturated rings. The molecule has 3 rings (SSSR count). The van der Waals surface area contributed by atoms with Crippen molar-refractivity contribution in [3.63, 3.8) is 0 Å². The summed E-state index contributed by atoms with van der Waals surface area (Å²) in [6.07, 6.45) is 5.96. The zero-order valence-corrected chi connectivity index (χ0v) is 17.7. The van der Waals surface area contributed by atoms with Crippen molar-refractivity contribution in [2.45, 2.75) is 71.6 Å². The Morgan fingerprint density at radius 3 is 2.52 bits per heavy atom. The van der Waals surface area contributed by atoms with E-state index in [2.05, 4.69) is 21.6 Å². The monoisotopic (exact) mass is 426 g/mol. The molecule has 0 saturated heterocycles. The van der Waals surface area contributed by atoms with Crippen LogP contribution in [-0.2, 0) is 6.30 Å². The third kappa shape index (κ3) is 4.94. The van der Waals surface area contributed by atoms with E-state index in [-0.39, 0.29) is 10.7 Å². The van der Waals surface area contributed by atoms with Crippen LogP contribution >= 0.6 is 11.6 Å². The molecular weight excluding hydrogens is 401 g/mol. The van der Waals surface area contributed by atoms with Gasteiger partial charge in [0.05, 0.1) is 11.9 Å². The van der Waals surface area contributed by atoms with Crippen LogP contribution in [0.4, 0.5) is 19.0 Å². The molecule has 4 nitrogen and oxygen atoms in total. The van der Waals surface area contributed by atoms with Gasteiger partial charge in [0, 0.05) is 23.4 Å². The topological polar surface area (TPSA) is 35.1 Å². The van der Waals surface area contributed by atoms with Gasteiger partial charge in [-0.1, -0.05) is 49.4 Å². The maximum atomic E-state index is 13.1. The molecule has 1 saturated carbocycles. The second kappa shape index (κ2) is 8.78. The van der Waals surface area contributed by atoms with Gasteiger partial charge in [-0.2, -0.15) is 9.78 Å². The van der Waals surface area contributed by atoms with Crippen LogP contribution in [0.5, 0.6) is 0 Å². The SMILES string of the molecule is CCC(C)=Cc1cc(-c2cnn(C(F)(F)F)c2)n(C2CCCCC2)c1/N=C(\C)Cl. The molecule has 0 spiro atoms. The summed E-state index contributed by atoms with van der Waals surface area (Å²) in [4.78, 5) is 4.57. The first-order chi connectivity index (χ1) is 13.7. The highest BCUT2D eigenvalue weighted by Crippen LogP contribution is 2.41. The third-order valence-corrected chi connectivity index (χ3v) is 5.42. The minimum Gasteiger partial charge on any atom is -0.322 e. The zero-order chi connectivity index (χ0) is 21.2. The molecule has 8 heteroatoms. The molecule has 0 atom stereocenters. The molecule has 1 aliphatic rings. The van der Waals surface area contributed by atoms with E-state index in [0.717, 1.165) is 49.4 Å². The van der Waals surface area contributed by atoms with Crippen LogP contribution in [0.15, 0.2) is 29.0 Å². The highest BCUT2D eigenvalue weighted by atomic mass is 35.5. The van der Waals surface area contributed by atoms with E-state index in [1.54, 1.807) is 6.92 Å². The maximum absolute atomic E-state index is 13.1. The first-order valence-electron chi connectivity index (χ1n) is 9.96. The Balaban J connectivity index is 2.23. The van der Waals surface area contributed by atoms with Crippen molar-refractivity contribution in [2.75, 3.05) is 0 Å². The lowest BCUT2D eigenvalue weighted by molar-refractivity contribution is -0.212. The summed E-state index contributed by atoms with van der Waals surface area (Å²) < 4.78 is 41.4. The van der Waals surface area contributed by atoms with Gasteiger partial charge in [0.1, 0.15) is 11.0 Å². The summed E-state index contributed by atoms with van der Waals surface area (Å²) in [5.41, 5.74) is 3.14. The highest BCUT2D eigenvalue weighted by Gasteiger charge is 2.32. The molecule has 2 heterocycles. The molecule has 0 aromatic carbocycles. The molecule has 0 amide bonds. The van der Waals surface area contributed by atoms with Crippen LogP contribution in [-0.4, -0.2) is 19.5 Å². The van der Waals surface area contributed by atoms with Gasteiger partial charge in [0.15, 0.2) is 0 Å². The number of rotatable bonds is 5. The molecule has 0 radical (unpaired) electrons. The number of aliphatic imine (C=N–C) groups is 1. The summed E-state index contributed by atoms with van der Waals surface area (Å²) in [5, 5.41) is 3.92. The highest BCUT2D eigenvalue weighted by molar-refractivity contribution is 6.65. The van der Waals surface area contributed by atoms with Crippen LogP contribution in [0.2, 0.25) is 0 Å². The average Bonchev–Trinajstić information content (AvgIpc) is 3.27. The lowest BCUT2D eigenvalue weighted by atomic mass is 9.95. The molecule has 2 aromatic rings. The van der Waals surface area contributed by atoms with E-state index >= 15 is 0 Å². The molecule has 29 heavy (non-hydrogen) atoms. The Morgan fingerprint density at radius 2 is 1.97 bits per heavy atom. The zero-order valence-electron chi connectivity index (χ0n) is 16.9. The number of halogens is 4. The fourth-order valence-electron chi connectivity index (χ4n) is 3.80. The first kappa shape index (κ1) is 21.7. The maximum Gasteiger partial charge on any atom is 0.504 e. The summed E-state index contributed by atoms with van der Waals surface area (Å²) in [6.45, 7) is 5.80. The Labute approximate surface area is 174 Å². The number of alkyl halides is 3. The minimum absolute atomic E-state index is 0.0447. The number of hydrogen-bond donors (Lipinski definition) is 0. The number of hydrogen-bond acceptors (Lipinski definition) is 2. The van der Waals surface area contributed by atoms with E-state index in [1.807, 2.05) is 19.1 Å². The molecule has 0 N–H and O–H groups in total. The van der Waals surface area contributed by atoms with Crippen molar-refractivity contribution in [1.82, 2.24) is 14.3 Å². The lowest BCUT2D eigenvalue weighted by Crippen LogP contribution is -2.16. The van der Waals surface area contributed by atoms with Crippen molar-refractivity contribution in [3.8, 4) is 11.3 Å². The van der Waals surface area contributed by atoms with E-state index in [4.69, 9.17) is 11.6 Å². The molecule has 0 bridgehead atoms. The van der Waals surface area contributed by atoms with E-state index < -0.39 is 6.30 Å². The summed E-state index contributed by atoms with van der Waals surface area (Å²) in [5.74, 6) is 0.701. The Kier molecular flexibility index (Phi) is 6.56. The Morgan fingerprint density at radius 1 is 1.28 bits per heavy atom. The van der Waals surface area contributed by atoms with Gasteiger partial charge in [-0.3, -0.25) is 0 Å². The van der Waals surface area contributed by atoms with Gasteiger partial charge in [-0.05, 0) is 39.2 Å². The van der Waals surface area contributed by atoms with Crippen LogP contribution in [0, 0.1) is 0 Å². The second-order valence-electron chi connectivity index (χ2n) is 7.56. The average molecular weight is 427 g/mol. The molecule has 158 valence electrons. The molecule has 0 unspecified atom stereocenters. The predicted molar refractivity (Wildman–Crippen MR) is 112 cm³/mol. The van der Waals surface area contributed by atoms with E-state index in [0.29, 0.717) is 22.2 Å². The summed E-state index contributed by atoms with van der Waals surface area (Å²) in [7, 11) is 0. The Bertz CT molecular complexity index is 911. The van der Waals surface area contributed by atoms with Crippen LogP contribution in [0.3, 0.4) is 0 Å². The van der Waals surface area contributed by atoms with Gasteiger partial charge in [0.2, 0.25) is 0 Å². The van der Waals surface area contributed by atoms with Crippen LogP contribution in [0.25, 0.3) is 17.3 Å². The third-order valence-electron chi connectivity index (χ3n) is 5.34. The number of allylic oxidation sites excluding steroid dienone is 1. The molecular formula is C21H26ClF3N4. The van der Waals surface area contributed by atoms with Gasteiger partial charge in [-0.15, -0.1) is 13.2 Å². The summed E-state index contributed by atoms with van der Waals surface area (Å²) >= 11 is 6.14. The van der Waals surface area contributed by atoms with Crippen LogP contribution < -0.4 is 0 Å². The van der Waals surface area contributed by atoms with Crippen molar-refractivity contribution in [3.05, 3.63) is 29.6 Å². The smallest absolute Gasteiger partial charge is 0.322 e. The van der Waals surface area contributed by atoms with Crippen molar-refractivity contribution < 1.29 is 13.2 Å². The van der Waals surface area contributed by atoms with Crippen molar-refractivity contribution in [2.24, 2.45) is 4.99 Å². The van der Waals surface area contributed by atoms with Gasteiger partial charge < -0.3 is 4.57 Å². The fraction of sp³-hybridized carbons (Fsp3) is 0.524.